The number of benzene rings is 1. The van der Waals surface area contributed by atoms with Gasteiger partial charge in [-0.25, -0.2) is 4.39 Å². The van der Waals surface area contributed by atoms with E-state index in [0.717, 1.165) is 0 Å². The summed E-state index contributed by atoms with van der Waals surface area (Å²) >= 11 is 0. The van der Waals surface area contributed by atoms with E-state index in [1.165, 1.54) is 36.3 Å². The maximum atomic E-state index is 13.0. The van der Waals surface area contributed by atoms with E-state index >= 15 is 0 Å². The molecule has 7 nitrogen and oxygen atoms in total. The van der Waals surface area contributed by atoms with Gasteiger partial charge in [0.05, 0.1) is 18.6 Å². The lowest BCUT2D eigenvalue weighted by Crippen LogP contribution is -2.53. The first kappa shape index (κ1) is 18.9. The minimum atomic E-state index is -1.11. The Hall–Kier alpha value is -2.48. The van der Waals surface area contributed by atoms with Crippen LogP contribution in [0.4, 0.5) is 10.1 Å². The zero-order chi connectivity index (χ0) is 18.6. The van der Waals surface area contributed by atoms with Gasteiger partial charge in [-0.1, -0.05) is 0 Å². The van der Waals surface area contributed by atoms with E-state index in [2.05, 4.69) is 5.32 Å². The molecule has 2 atom stereocenters. The van der Waals surface area contributed by atoms with Crippen molar-refractivity contribution in [2.45, 2.75) is 25.3 Å². The summed E-state index contributed by atoms with van der Waals surface area (Å²) in [4.78, 5) is 37.4. The molecular formula is C17H21FN2O5. The Kier molecular flexibility index (Phi) is 5.73. The van der Waals surface area contributed by atoms with Crippen molar-refractivity contribution in [1.82, 2.24) is 5.32 Å². The van der Waals surface area contributed by atoms with Gasteiger partial charge in [-0.2, -0.15) is 0 Å². The number of carboxylic acid groups (broad SMARTS) is 1. The molecule has 1 heterocycles. The summed E-state index contributed by atoms with van der Waals surface area (Å²) in [5.74, 6) is -3.32. The molecule has 0 bridgehead atoms. The van der Waals surface area contributed by atoms with E-state index in [9.17, 15) is 18.8 Å². The smallest absolute Gasteiger partial charge is 0.305 e. The predicted molar refractivity (Wildman–Crippen MR) is 87.5 cm³/mol. The van der Waals surface area contributed by atoms with Crippen molar-refractivity contribution in [3.63, 3.8) is 0 Å². The first-order chi connectivity index (χ1) is 11.8. The molecule has 2 unspecified atom stereocenters. The molecule has 1 aromatic rings. The molecule has 0 aliphatic carbocycles. The monoisotopic (exact) mass is 352 g/mol. The van der Waals surface area contributed by atoms with Gasteiger partial charge in [-0.05, 0) is 37.6 Å². The molecule has 136 valence electrons. The number of carbonyl (C=O) groups is 3. The highest BCUT2D eigenvalue weighted by atomic mass is 19.1. The molecule has 2 N–H and O–H groups in total. The number of nitrogens with one attached hydrogen (secondary N) is 1. The number of carboxylic acids is 1. The number of carbonyl (C=O) groups excluding carboxylic acids is 2. The van der Waals surface area contributed by atoms with Crippen LogP contribution in [0.5, 0.6) is 0 Å². The number of nitrogens with zero attached hydrogens (tertiary/aromatic N) is 1. The van der Waals surface area contributed by atoms with E-state index < -0.39 is 29.2 Å². The fraction of sp³-hybridized carbons (Fsp3) is 0.471. The SMILES string of the molecule is COCC(C)(CC(=O)O)NC(=O)C1CCN(c2ccc(F)cc2)C1=O. The number of amides is 2. The van der Waals surface area contributed by atoms with Crippen molar-refractivity contribution >= 4 is 23.5 Å². The van der Waals surface area contributed by atoms with Crippen molar-refractivity contribution in [2.75, 3.05) is 25.2 Å². The second-order valence-electron chi connectivity index (χ2n) is 6.36. The van der Waals surface area contributed by atoms with Gasteiger partial charge in [0, 0.05) is 19.3 Å². The molecule has 0 aromatic heterocycles. The Bertz CT molecular complexity index is 664. The second kappa shape index (κ2) is 7.60. The van der Waals surface area contributed by atoms with Crippen LogP contribution in [-0.2, 0) is 19.1 Å². The Morgan fingerprint density at radius 1 is 1.40 bits per heavy atom. The lowest BCUT2D eigenvalue weighted by atomic mass is 9.96. The molecule has 0 spiro atoms. The molecule has 2 rings (SSSR count). The zero-order valence-corrected chi connectivity index (χ0v) is 14.1. The van der Waals surface area contributed by atoms with Crippen molar-refractivity contribution < 1.29 is 28.6 Å². The highest BCUT2D eigenvalue weighted by Crippen LogP contribution is 2.26. The Balaban J connectivity index is 2.08. The summed E-state index contributed by atoms with van der Waals surface area (Å²) in [6.07, 6.45) is -0.0205. The number of anilines is 1. The van der Waals surface area contributed by atoms with Crippen LogP contribution in [0.25, 0.3) is 0 Å². The van der Waals surface area contributed by atoms with Crippen LogP contribution in [0.3, 0.4) is 0 Å². The van der Waals surface area contributed by atoms with Crippen molar-refractivity contribution in [3.8, 4) is 0 Å². The van der Waals surface area contributed by atoms with Gasteiger partial charge in [-0.15, -0.1) is 0 Å². The van der Waals surface area contributed by atoms with E-state index in [1.54, 1.807) is 6.92 Å². The first-order valence-electron chi connectivity index (χ1n) is 7.85. The van der Waals surface area contributed by atoms with Crippen molar-refractivity contribution in [3.05, 3.63) is 30.1 Å². The van der Waals surface area contributed by atoms with E-state index in [0.29, 0.717) is 18.7 Å². The van der Waals surface area contributed by atoms with E-state index in [-0.39, 0.29) is 18.9 Å². The van der Waals surface area contributed by atoms with Gasteiger partial charge in [0.2, 0.25) is 11.8 Å². The van der Waals surface area contributed by atoms with Gasteiger partial charge in [0.25, 0.3) is 0 Å². The largest absolute Gasteiger partial charge is 0.481 e. The van der Waals surface area contributed by atoms with Gasteiger partial charge < -0.3 is 20.1 Å². The average Bonchev–Trinajstić information content (AvgIpc) is 2.89. The number of ether oxygens (including phenoxy) is 1. The van der Waals surface area contributed by atoms with Crippen molar-refractivity contribution in [2.24, 2.45) is 5.92 Å². The summed E-state index contributed by atoms with van der Waals surface area (Å²) in [5.41, 5.74) is -0.590. The van der Waals surface area contributed by atoms with Gasteiger partial charge >= 0.3 is 5.97 Å². The minimum absolute atomic E-state index is 0.00757. The Labute approximate surface area is 144 Å². The molecule has 1 aliphatic heterocycles. The molecule has 1 aromatic carbocycles. The van der Waals surface area contributed by atoms with E-state index in [1.807, 2.05) is 0 Å². The van der Waals surface area contributed by atoms with Crippen LogP contribution in [0, 0.1) is 11.7 Å². The summed E-state index contributed by atoms with van der Waals surface area (Å²) in [6, 6.07) is 5.46. The average molecular weight is 352 g/mol. The number of hydrogen-bond donors (Lipinski definition) is 2. The molecule has 1 saturated heterocycles. The van der Waals surface area contributed by atoms with Crippen LogP contribution in [0.15, 0.2) is 24.3 Å². The Morgan fingerprint density at radius 3 is 2.60 bits per heavy atom. The third kappa shape index (κ3) is 4.54. The molecule has 8 heteroatoms. The highest BCUT2D eigenvalue weighted by molar-refractivity contribution is 6.09. The van der Waals surface area contributed by atoms with Gasteiger partial charge in [0.15, 0.2) is 0 Å². The zero-order valence-electron chi connectivity index (χ0n) is 14.1. The molecular weight excluding hydrogens is 331 g/mol. The third-order valence-corrected chi connectivity index (χ3v) is 4.09. The number of aliphatic carboxylic acids is 1. The molecule has 1 fully saturated rings. The summed E-state index contributed by atoms with van der Waals surface area (Å²) in [5, 5.41) is 11.6. The van der Waals surface area contributed by atoms with E-state index in [4.69, 9.17) is 9.84 Å². The van der Waals surface area contributed by atoms with Gasteiger partial charge in [-0.3, -0.25) is 14.4 Å². The molecule has 1 aliphatic rings. The fourth-order valence-electron chi connectivity index (χ4n) is 2.97. The topological polar surface area (TPSA) is 95.9 Å². The van der Waals surface area contributed by atoms with Crippen LogP contribution in [-0.4, -0.2) is 48.7 Å². The first-order valence-corrected chi connectivity index (χ1v) is 7.85. The fourth-order valence-corrected chi connectivity index (χ4v) is 2.97. The quantitative estimate of drug-likeness (QED) is 0.718. The number of methoxy groups -OCH3 is 1. The molecule has 0 radical (unpaired) electrons. The maximum Gasteiger partial charge on any atom is 0.305 e. The second-order valence-corrected chi connectivity index (χ2v) is 6.36. The lowest BCUT2D eigenvalue weighted by molar-refractivity contribution is -0.140. The third-order valence-electron chi connectivity index (χ3n) is 4.09. The number of rotatable bonds is 7. The van der Waals surface area contributed by atoms with Crippen LogP contribution >= 0.6 is 0 Å². The van der Waals surface area contributed by atoms with Crippen LogP contribution < -0.4 is 10.2 Å². The Morgan fingerprint density at radius 2 is 2.04 bits per heavy atom. The summed E-state index contributed by atoms with van der Waals surface area (Å²) in [6.45, 7) is 1.90. The van der Waals surface area contributed by atoms with Crippen LogP contribution in [0.2, 0.25) is 0 Å². The highest BCUT2D eigenvalue weighted by Gasteiger charge is 2.40. The summed E-state index contributed by atoms with van der Waals surface area (Å²) in [7, 11) is 1.41. The van der Waals surface area contributed by atoms with Crippen LogP contribution in [0.1, 0.15) is 19.8 Å². The normalized spacial score (nSPS) is 19.6. The molecule has 25 heavy (non-hydrogen) atoms. The lowest BCUT2D eigenvalue weighted by Gasteiger charge is -2.29. The summed E-state index contributed by atoms with van der Waals surface area (Å²) < 4.78 is 18.0. The standard InChI is InChI=1S/C17H21FN2O5/c1-17(10-25-2,9-14(21)22)19-15(23)13-7-8-20(16(13)24)12-5-3-11(18)4-6-12/h3-6,13H,7-10H2,1-2H3,(H,19,23)(H,21,22). The molecule has 0 saturated carbocycles. The van der Waals surface area contributed by atoms with Gasteiger partial charge in [0.1, 0.15) is 11.7 Å². The molecule has 2 amide bonds. The minimum Gasteiger partial charge on any atom is -0.481 e. The van der Waals surface area contributed by atoms with Crippen molar-refractivity contribution in [1.29, 1.82) is 0 Å². The predicted octanol–water partition coefficient (Wildman–Crippen LogP) is 1.17. The number of hydrogen-bond acceptors (Lipinski definition) is 4. The number of halogens is 1. The maximum absolute atomic E-state index is 13.0.